The van der Waals surface area contributed by atoms with E-state index < -0.39 is 0 Å². The lowest BCUT2D eigenvalue weighted by Gasteiger charge is -1.97. The van der Waals surface area contributed by atoms with E-state index in [0.717, 1.165) is 0 Å². The molecule has 0 fully saturated rings. The van der Waals surface area contributed by atoms with Crippen molar-refractivity contribution >= 4 is 29.6 Å². The van der Waals surface area contributed by atoms with Crippen LogP contribution in [0.1, 0.15) is 12.0 Å². The monoisotopic (exact) mass is 227 g/mol. The van der Waals surface area contributed by atoms with Crippen LogP contribution in [0.15, 0.2) is 12.3 Å². The Labute approximate surface area is 91.9 Å². The molecule has 0 spiro atoms. The summed E-state index contributed by atoms with van der Waals surface area (Å²) in [5.74, 6) is -0.205. The summed E-state index contributed by atoms with van der Waals surface area (Å²) >= 11 is 5.78. The maximum absolute atomic E-state index is 10.8. The average Bonchev–Trinajstić information content (AvgIpc) is 2.21. The van der Waals surface area contributed by atoms with Crippen molar-refractivity contribution in [2.45, 2.75) is 6.42 Å². The lowest BCUT2D eigenvalue weighted by atomic mass is 10.3. The summed E-state index contributed by atoms with van der Waals surface area (Å²) in [6.07, 6.45) is 4.92. The van der Waals surface area contributed by atoms with Gasteiger partial charge in [-0.25, -0.2) is 9.97 Å². The number of halogens is 1. The molecule has 1 rings (SSSR count). The van der Waals surface area contributed by atoms with Crippen molar-refractivity contribution in [3.63, 3.8) is 0 Å². The lowest BCUT2D eigenvalue weighted by molar-refractivity contribution is -0.139. The van der Waals surface area contributed by atoms with Crippen molar-refractivity contribution in [2.75, 3.05) is 12.8 Å². The highest BCUT2D eigenvalue weighted by molar-refractivity contribution is 6.30. The van der Waals surface area contributed by atoms with Gasteiger partial charge in [0.2, 0.25) is 5.95 Å². The van der Waals surface area contributed by atoms with E-state index in [0.29, 0.717) is 5.56 Å². The topological polar surface area (TPSA) is 78.1 Å². The number of nitrogens with two attached hydrogens (primary N) is 1. The molecule has 0 aliphatic heterocycles. The first-order valence-electron chi connectivity index (χ1n) is 4.15. The van der Waals surface area contributed by atoms with Gasteiger partial charge in [0.05, 0.1) is 13.5 Å². The van der Waals surface area contributed by atoms with Crippen LogP contribution in [-0.2, 0) is 9.53 Å². The number of anilines is 1. The number of carbonyl (C=O) groups is 1. The van der Waals surface area contributed by atoms with Gasteiger partial charge in [0, 0.05) is 11.8 Å². The van der Waals surface area contributed by atoms with E-state index in [4.69, 9.17) is 17.3 Å². The third-order valence-corrected chi connectivity index (χ3v) is 1.90. The molecule has 0 amide bonds. The molecule has 2 N–H and O–H groups in total. The second kappa shape index (κ2) is 5.31. The van der Waals surface area contributed by atoms with Gasteiger partial charge >= 0.3 is 5.97 Å². The molecule has 0 radical (unpaired) electrons. The Morgan fingerprint density at radius 3 is 3.07 bits per heavy atom. The average molecular weight is 228 g/mol. The Hall–Kier alpha value is -1.62. The molecule has 0 atom stereocenters. The Bertz CT molecular complexity index is 393. The van der Waals surface area contributed by atoms with Crippen molar-refractivity contribution < 1.29 is 9.53 Å². The molecule has 6 heteroatoms. The normalized spacial score (nSPS) is 10.5. The molecule has 0 aliphatic carbocycles. The minimum absolute atomic E-state index is 0.116. The van der Waals surface area contributed by atoms with Gasteiger partial charge in [0.1, 0.15) is 5.15 Å². The second-order valence-electron chi connectivity index (χ2n) is 2.66. The maximum Gasteiger partial charge on any atom is 0.309 e. The number of hydrogen-bond acceptors (Lipinski definition) is 5. The first kappa shape index (κ1) is 11.5. The molecule has 0 aromatic carbocycles. The third kappa shape index (κ3) is 3.55. The summed E-state index contributed by atoms with van der Waals surface area (Å²) in [4.78, 5) is 18.3. The van der Waals surface area contributed by atoms with Gasteiger partial charge in [-0.15, -0.1) is 0 Å². The number of carbonyl (C=O) groups excluding carboxylic acids is 1. The van der Waals surface area contributed by atoms with Crippen molar-refractivity contribution in [1.29, 1.82) is 0 Å². The molecule has 15 heavy (non-hydrogen) atoms. The van der Waals surface area contributed by atoms with Crippen LogP contribution in [0.4, 0.5) is 5.95 Å². The van der Waals surface area contributed by atoms with E-state index >= 15 is 0 Å². The van der Waals surface area contributed by atoms with Crippen molar-refractivity contribution in [2.24, 2.45) is 0 Å². The number of ether oxygens (including phenoxy) is 1. The van der Waals surface area contributed by atoms with Crippen LogP contribution in [-0.4, -0.2) is 23.0 Å². The molecular formula is C9H10ClN3O2. The molecule has 0 unspecified atom stereocenters. The molecule has 0 bridgehead atoms. The van der Waals surface area contributed by atoms with Crippen molar-refractivity contribution in [1.82, 2.24) is 9.97 Å². The Morgan fingerprint density at radius 2 is 2.47 bits per heavy atom. The maximum atomic E-state index is 10.8. The fourth-order valence-electron chi connectivity index (χ4n) is 0.860. The highest BCUT2D eigenvalue weighted by Gasteiger charge is 2.00. The van der Waals surface area contributed by atoms with Crippen LogP contribution in [0, 0.1) is 0 Å². The molecule has 1 aromatic heterocycles. The fraction of sp³-hybridized carbons (Fsp3) is 0.222. The molecular weight excluding hydrogens is 218 g/mol. The van der Waals surface area contributed by atoms with Gasteiger partial charge in [-0.3, -0.25) is 4.79 Å². The van der Waals surface area contributed by atoms with Gasteiger partial charge in [-0.2, -0.15) is 0 Å². The molecule has 0 saturated carbocycles. The zero-order valence-electron chi connectivity index (χ0n) is 8.11. The Morgan fingerprint density at radius 1 is 1.73 bits per heavy atom. The highest BCUT2D eigenvalue weighted by atomic mass is 35.5. The highest BCUT2D eigenvalue weighted by Crippen LogP contribution is 2.14. The summed E-state index contributed by atoms with van der Waals surface area (Å²) in [6, 6.07) is 0. The van der Waals surface area contributed by atoms with Crippen LogP contribution in [0.3, 0.4) is 0 Å². The number of hydrogen-bond donors (Lipinski definition) is 1. The van der Waals surface area contributed by atoms with Crippen LogP contribution < -0.4 is 5.73 Å². The predicted molar refractivity (Wildman–Crippen MR) is 57.1 cm³/mol. The van der Waals surface area contributed by atoms with E-state index in [2.05, 4.69) is 14.7 Å². The second-order valence-corrected chi connectivity index (χ2v) is 3.01. The molecule has 5 nitrogen and oxygen atoms in total. The van der Waals surface area contributed by atoms with Crippen LogP contribution in [0.2, 0.25) is 5.15 Å². The quantitative estimate of drug-likeness (QED) is 0.622. The zero-order valence-corrected chi connectivity index (χ0v) is 8.86. The predicted octanol–water partition coefficient (Wildman–Crippen LogP) is 1.29. The molecule has 80 valence electrons. The Kier molecular flexibility index (Phi) is 4.05. The number of nitrogens with zero attached hydrogens (tertiary/aromatic N) is 2. The van der Waals surface area contributed by atoms with E-state index in [-0.39, 0.29) is 23.5 Å². The van der Waals surface area contributed by atoms with E-state index in [1.807, 2.05) is 0 Å². The van der Waals surface area contributed by atoms with Crippen LogP contribution in [0.25, 0.3) is 6.08 Å². The molecule has 0 saturated heterocycles. The number of nitrogen functional groups attached to an aromatic ring is 1. The van der Waals surface area contributed by atoms with Crippen molar-refractivity contribution in [3.05, 3.63) is 23.0 Å². The number of esters is 1. The Balaban J connectivity index is 2.68. The van der Waals surface area contributed by atoms with Gasteiger partial charge < -0.3 is 10.5 Å². The zero-order chi connectivity index (χ0) is 11.3. The van der Waals surface area contributed by atoms with Gasteiger partial charge in [0.25, 0.3) is 0 Å². The van der Waals surface area contributed by atoms with Gasteiger partial charge in [0.15, 0.2) is 0 Å². The first-order chi connectivity index (χ1) is 7.13. The summed E-state index contributed by atoms with van der Waals surface area (Å²) < 4.78 is 4.46. The first-order valence-corrected chi connectivity index (χ1v) is 4.52. The summed E-state index contributed by atoms with van der Waals surface area (Å²) in [5.41, 5.74) is 5.93. The van der Waals surface area contributed by atoms with Gasteiger partial charge in [-0.05, 0) is 0 Å². The largest absolute Gasteiger partial charge is 0.469 e. The summed E-state index contributed by atoms with van der Waals surface area (Å²) in [6.45, 7) is 0. The van der Waals surface area contributed by atoms with Crippen LogP contribution >= 0.6 is 11.6 Å². The fourth-order valence-corrected chi connectivity index (χ4v) is 1.06. The summed E-state index contributed by atoms with van der Waals surface area (Å²) in [5, 5.41) is 0.253. The van der Waals surface area contributed by atoms with E-state index in [1.54, 1.807) is 12.2 Å². The summed E-state index contributed by atoms with van der Waals surface area (Å²) in [7, 11) is 1.33. The van der Waals surface area contributed by atoms with Crippen LogP contribution in [0.5, 0.6) is 0 Å². The SMILES string of the molecule is COC(=O)CC=Cc1cnc(N)nc1Cl. The minimum Gasteiger partial charge on any atom is -0.469 e. The van der Waals surface area contributed by atoms with Crippen molar-refractivity contribution in [3.8, 4) is 0 Å². The number of aromatic nitrogens is 2. The minimum atomic E-state index is -0.321. The number of rotatable bonds is 3. The number of methoxy groups -OCH3 is 1. The van der Waals surface area contributed by atoms with E-state index in [1.165, 1.54) is 13.3 Å². The molecule has 1 heterocycles. The van der Waals surface area contributed by atoms with E-state index in [9.17, 15) is 4.79 Å². The lowest BCUT2D eigenvalue weighted by Crippen LogP contribution is -1.97. The van der Waals surface area contributed by atoms with Gasteiger partial charge in [-0.1, -0.05) is 23.8 Å². The smallest absolute Gasteiger partial charge is 0.309 e. The molecule has 0 aliphatic rings. The third-order valence-electron chi connectivity index (χ3n) is 1.60. The standard InChI is InChI=1S/C9H10ClN3O2/c1-15-7(14)4-2-3-6-5-12-9(11)13-8(6)10/h2-3,5H,4H2,1H3,(H2,11,12,13). The molecule has 1 aromatic rings.